The van der Waals surface area contributed by atoms with Crippen molar-refractivity contribution in [2.24, 2.45) is 0 Å². The van der Waals surface area contributed by atoms with Crippen LogP contribution in [0.25, 0.3) is 93.9 Å². The van der Waals surface area contributed by atoms with Crippen LogP contribution in [0.4, 0.5) is 17.1 Å². The van der Waals surface area contributed by atoms with E-state index in [1.54, 1.807) is 0 Å². The number of para-hydroxylation sites is 3. The molecule has 2 nitrogen and oxygen atoms in total. The Kier molecular flexibility index (Phi) is 11.4. The average Bonchev–Trinajstić information content (AvgIpc) is 3.95. The molecule has 2 heteroatoms. The van der Waals surface area contributed by atoms with Gasteiger partial charge in [0.1, 0.15) is 0 Å². The fraction of sp³-hybridized carbons (Fsp3) is 0.147. The third-order valence-corrected chi connectivity index (χ3v) is 16.5. The van der Waals surface area contributed by atoms with Crippen molar-refractivity contribution in [3.63, 3.8) is 0 Å². The molecule has 1 heterocycles. The van der Waals surface area contributed by atoms with Crippen LogP contribution in [0.5, 0.6) is 0 Å². The lowest BCUT2D eigenvalue weighted by atomic mass is 9.78. The van der Waals surface area contributed by atoms with Gasteiger partial charge in [0, 0.05) is 38.8 Å². The highest BCUT2D eigenvalue weighted by molar-refractivity contribution is 6.11. The number of benzene rings is 11. The molecule has 0 unspecified atom stereocenters. The Morgan fingerprint density at radius 2 is 0.896 bits per heavy atom. The zero-order valence-electron chi connectivity index (χ0n) is 45.5. The summed E-state index contributed by atoms with van der Waals surface area (Å²) in [6, 6.07) is 90.7. The number of anilines is 3. The van der Waals surface area contributed by atoms with Crippen LogP contribution >= 0.6 is 0 Å². The summed E-state index contributed by atoms with van der Waals surface area (Å²) in [5.74, 6) is 0. The minimum atomic E-state index is -0.0770. The number of hydrogen-bond acceptors (Lipinski definition) is 1. The lowest BCUT2D eigenvalue weighted by Crippen LogP contribution is -2.16. The molecule has 0 spiro atoms. The molecule has 0 bridgehead atoms. The minimum Gasteiger partial charge on any atom is -0.310 e. The Morgan fingerprint density at radius 1 is 0.364 bits per heavy atom. The second kappa shape index (κ2) is 18.2. The molecular weight excluding hydrogens is 929 g/mol. The van der Waals surface area contributed by atoms with Gasteiger partial charge in [-0.25, -0.2) is 0 Å². The van der Waals surface area contributed by atoms with E-state index in [9.17, 15) is 0 Å². The van der Waals surface area contributed by atoms with Crippen LogP contribution in [0.2, 0.25) is 0 Å². The monoisotopic (exact) mass is 993 g/mol. The summed E-state index contributed by atoms with van der Waals surface area (Å²) in [5, 5.41) is 4.98. The molecule has 12 aromatic rings. The van der Waals surface area contributed by atoms with E-state index >= 15 is 0 Å². The van der Waals surface area contributed by atoms with Crippen LogP contribution in [0.1, 0.15) is 77.6 Å². The van der Waals surface area contributed by atoms with Crippen LogP contribution in [0.15, 0.2) is 243 Å². The fourth-order valence-corrected chi connectivity index (χ4v) is 12.4. The lowest BCUT2D eigenvalue weighted by Gasteiger charge is -2.29. The van der Waals surface area contributed by atoms with Crippen molar-refractivity contribution in [2.75, 3.05) is 4.90 Å². The van der Waals surface area contributed by atoms with E-state index in [0.717, 1.165) is 28.3 Å². The van der Waals surface area contributed by atoms with Crippen LogP contribution < -0.4 is 4.90 Å². The summed E-state index contributed by atoms with van der Waals surface area (Å²) in [4.78, 5) is 2.46. The zero-order valence-corrected chi connectivity index (χ0v) is 45.5. The summed E-state index contributed by atoms with van der Waals surface area (Å²) < 4.78 is 2.40. The van der Waals surface area contributed by atoms with Crippen LogP contribution in [-0.2, 0) is 16.2 Å². The van der Waals surface area contributed by atoms with Crippen molar-refractivity contribution in [2.45, 2.75) is 71.6 Å². The van der Waals surface area contributed by atoms with Gasteiger partial charge in [0.05, 0.1) is 16.7 Å². The predicted molar refractivity (Wildman–Crippen MR) is 330 cm³/mol. The van der Waals surface area contributed by atoms with Gasteiger partial charge in [0.25, 0.3) is 0 Å². The highest BCUT2D eigenvalue weighted by atomic mass is 15.1. The predicted octanol–water partition coefficient (Wildman–Crippen LogP) is 21.0. The van der Waals surface area contributed by atoms with Crippen molar-refractivity contribution < 1.29 is 0 Å². The standard InChI is InChI=1S/C75H64N2/c1-73(2,3)54-45-53(46-55(48-54)74(4,5)6)60-28-18-21-51-22-19-30-64(71(51)60)62-26-14-16-33-68(62)76(58-42-37-50(38-43-58)59-29-20-32-67-72(59)65-27-12-15-31-66(65)75(67,7)8)57-40-35-49(36-41-57)52-39-44-63-61-25-13-17-34-69(61)77(70(63)47-52)56-23-10-9-11-24-56/h9-48H,1-8H3. The van der Waals surface area contributed by atoms with Gasteiger partial charge in [-0.3, -0.25) is 0 Å². The second-order valence-electron chi connectivity index (χ2n) is 23.8. The molecule has 0 amide bonds. The maximum atomic E-state index is 2.46. The number of rotatable bonds is 8. The number of nitrogens with zero attached hydrogens (tertiary/aromatic N) is 2. The molecule has 374 valence electrons. The SMILES string of the molecule is CC(C)(C)c1cc(-c2cccc3cccc(-c4ccccc4N(c4ccc(-c5ccc6c7ccccc7n(-c7ccccc7)c6c5)cc4)c4ccc(-c5cccc6c5-c5ccccc5C6(C)C)cc4)c23)cc(C(C)(C)C)c1. The molecule has 0 aliphatic heterocycles. The van der Waals surface area contributed by atoms with E-state index in [-0.39, 0.29) is 16.2 Å². The number of fused-ring (bicyclic) bond motifs is 7. The summed E-state index contributed by atoms with van der Waals surface area (Å²) in [6.07, 6.45) is 0. The molecular formula is C75H64N2. The topological polar surface area (TPSA) is 8.17 Å². The smallest absolute Gasteiger partial charge is 0.0547 e. The molecule has 0 atom stereocenters. The van der Waals surface area contributed by atoms with Gasteiger partial charge in [0.15, 0.2) is 0 Å². The third kappa shape index (κ3) is 8.17. The van der Waals surface area contributed by atoms with E-state index in [0.29, 0.717) is 0 Å². The van der Waals surface area contributed by atoms with Crippen molar-refractivity contribution in [3.8, 4) is 61.3 Å². The number of aromatic nitrogens is 1. The largest absolute Gasteiger partial charge is 0.310 e. The van der Waals surface area contributed by atoms with E-state index in [2.05, 4.69) is 308 Å². The van der Waals surface area contributed by atoms with Crippen molar-refractivity contribution >= 4 is 49.6 Å². The maximum absolute atomic E-state index is 2.46. The Balaban J connectivity index is 0.978. The molecule has 0 fully saturated rings. The normalized spacial score (nSPS) is 13.0. The highest BCUT2D eigenvalue weighted by Gasteiger charge is 2.36. The molecule has 11 aromatic carbocycles. The van der Waals surface area contributed by atoms with Gasteiger partial charge < -0.3 is 9.47 Å². The maximum Gasteiger partial charge on any atom is 0.0547 e. The minimum absolute atomic E-state index is 0.0157. The van der Waals surface area contributed by atoms with Crippen LogP contribution in [-0.4, -0.2) is 4.57 Å². The molecule has 1 aliphatic rings. The Labute approximate surface area is 454 Å². The quantitative estimate of drug-likeness (QED) is 0.147. The first-order chi connectivity index (χ1) is 37.2. The Bertz CT molecular complexity index is 4190. The van der Waals surface area contributed by atoms with Gasteiger partial charge in [-0.15, -0.1) is 0 Å². The molecule has 0 saturated carbocycles. The molecule has 0 N–H and O–H groups in total. The van der Waals surface area contributed by atoms with Gasteiger partial charge >= 0.3 is 0 Å². The molecule has 13 rings (SSSR count). The van der Waals surface area contributed by atoms with Gasteiger partial charge in [-0.2, -0.15) is 0 Å². The second-order valence-corrected chi connectivity index (χ2v) is 23.8. The first-order valence-corrected chi connectivity index (χ1v) is 27.3. The summed E-state index contributed by atoms with van der Waals surface area (Å²) >= 11 is 0. The lowest BCUT2D eigenvalue weighted by molar-refractivity contribution is 0.569. The fourth-order valence-electron chi connectivity index (χ4n) is 12.4. The molecule has 1 aromatic heterocycles. The molecule has 0 radical (unpaired) electrons. The van der Waals surface area contributed by atoms with Crippen LogP contribution in [0.3, 0.4) is 0 Å². The Morgan fingerprint density at radius 3 is 1.60 bits per heavy atom. The van der Waals surface area contributed by atoms with Gasteiger partial charge in [-0.05, 0) is 149 Å². The Hall–Kier alpha value is -8.72. The number of hydrogen-bond donors (Lipinski definition) is 0. The van der Waals surface area contributed by atoms with Gasteiger partial charge in [-0.1, -0.05) is 243 Å². The molecule has 0 saturated heterocycles. The molecule has 77 heavy (non-hydrogen) atoms. The highest BCUT2D eigenvalue weighted by Crippen LogP contribution is 2.53. The zero-order chi connectivity index (χ0) is 52.8. The summed E-state index contributed by atoms with van der Waals surface area (Å²) in [5.41, 5.74) is 24.5. The van der Waals surface area contributed by atoms with E-state index < -0.39 is 0 Å². The van der Waals surface area contributed by atoms with E-state index in [1.807, 2.05) is 0 Å². The third-order valence-electron chi connectivity index (χ3n) is 16.5. The van der Waals surface area contributed by atoms with Gasteiger partial charge in [0.2, 0.25) is 0 Å². The van der Waals surface area contributed by atoms with Crippen LogP contribution in [0, 0.1) is 0 Å². The van der Waals surface area contributed by atoms with E-state index in [1.165, 1.54) is 105 Å². The van der Waals surface area contributed by atoms with Crippen molar-refractivity contribution in [1.29, 1.82) is 0 Å². The first-order valence-electron chi connectivity index (χ1n) is 27.3. The summed E-state index contributed by atoms with van der Waals surface area (Å²) in [7, 11) is 0. The van der Waals surface area contributed by atoms with Crippen molar-refractivity contribution in [1.82, 2.24) is 4.57 Å². The van der Waals surface area contributed by atoms with Crippen molar-refractivity contribution in [3.05, 3.63) is 265 Å². The molecule has 1 aliphatic carbocycles. The van der Waals surface area contributed by atoms with E-state index in [4.69, 9.17) is 0 Å². The summed E-state index contributed by atoms with van der Waals surface area (Å²) in [6.45, 7) is 18.7. The first kappa shape index (κ1) is 48.0. The average molecular weight is 993 g/mol.